The van der Waals surface area contributed by atoms with Crippen LogP contribution in [-0.4, -0.2) is 40.9 Å². The Hall–Kier alpha value is -3.45. The van der Waals surface area contributed by atoms with E-state index < -0.39 is 11.0 Å². The van der Waals surface area contributed by atoms with Crippen LogP contribution < -0.4 is 5.43 Å². The monoisotopic (exact) mass is 392 g/mol. The number of anilines is 1. The first-order chi connectivity index (χ1) is 13.9. The van der Waals surface area contributed by atoms with Crippen molar-refractivity contribution in [2.24, 2.45) is 0 Å². The van der Waals surface area contributed by atoms with Crippen molar-refractivity contribution in [3.63, 3.8) is 0 Å². The predicted octanol–water partition coefficient (Wildman–Crippen LogP) is 4.05. The molecule has 3 aromatic rings. The van der Waals surface area contributed by atoms with E-state index in [9.17, 15) is 14.9 Å². The molecule has 1 atom stereocenters. The summed E-state index contributed by atoms with van der Waals surface area (Å²) in [5.74, 6) is -0.0326. The Morgan fingerprint density at radius 1 is 1.03 bits per heavy atom. The van der Waals surface area contributed by atoms with Gasteiger partial charge in [0.15, 0.2) is 0 Å². The van der Waals surface area contributed by atoms with Gasteiger partial charge in [-0.05, 0) is 35.4 Å². The Morgan fingerprint density at radius 3 is 2.38 bits per heavy atom. The Balaban J connectivity index is 1.65. The molecule has 0 saturated carbocycles. The molecule has 7 nitrogen and oxygen atoms in total. The van der Waals surface area contributed by atoms with Crippen molar-refractivity contribution in [2.75, 3.05) is 19.5 Å². The molecule has 7 heteroatoms. The number of non-ortho nitro benzene ring substituents is 1. The van der Waals surface area contributed by atoms with Crippen molar-refractivity contribution in [3.05, 3.63) is 82.4 Å². The number of carbonyl (C=O) groups is 1. The van der Waals surface area contributed by atoms with Gasteiger partial charge in [-0.25, -0.2) is 5.01 Å². The lowest BCUT2D eigenvalue weighted by molar-refractivity contribution is -0.384. The number of hydrazine groups is 1. The highest BCUT2D eigenvalue weighted by atomic mass is 16.6. The molecule has 0 saturated heterocycles. The van der Waals surface area contributed by atoms with Crippen LogP contribution in [0.5, 0.6) is 0 Å². The topological polar surface area (TPSA) is 78.7 Å². The van der Waals surface area contributed by atoms with Gasteiger partial charge < -0.3 is 10.3 Å². The third-order valence-corrected chi connectivity index (χ3v) is 4.99. The van der Waals surface area contributed by atoms with Crippen LogP contribution in [0.15, 0.2) is 66.7 Å². The molecule has 0 spiro atoms. The van der Waals surface area contributed by atoms with Gasteiger partial charge in [-0.1, -0.05) is 42.5 Å². The maximum absolute atomic E-state index is 12.9. The van der Waals surface area contributed by atoms with E-state index in [4.69, 9.17) is 0 Å². The molecule has 0 fully saturated rings. The quantitative estimate of drug-likeness (QED) is 0.485. The van der Waals surface area contributed by atoms with Crippen LogP contribution in [0.4, 0.5) is 11.4 Å². The van der Waals surface area contributed by atoms with E-state index in [-0.39, 0.29) is 11.6 Å². The van der Waals surface area contributed by atoms with E-state index >= 15 is 0 Å². The summed E-state index contributed by atoms with van der Waals surface area (Å²) in [5.41, 5.74) is 4.90. The molecule has 1 amide bonds. The molecule has 29 heavy (non-hydrogen) atoms. The minimum absolute atomic E-state index is 0.0251. The molecule has 0 unspecified atom stereocenters. The summed E-state index contributed by atoms with van der Waals surface area (Å²) in [5, 5.41) is 14.7. The number of hydrogen-bond donors (Lipinski definition) is 1. The van der Waals surface area contributed by atoms with Crippen molar-refractivity contribution < 1.29 is 9.72 Å². The lowest BCUT2D eigenvalue weighted by Crippen LogP contribution is -2.46. The number of hydrogen-bond acceptors (Lipinski definition) is 5. The molecule has 150 valence electrons. The number of fused-ring (bicyclic) bond motifs is 1. The maximum atomic E-state index is 12.9. The van der Waals surface area contributed by atoms with Crippen molar-refractivity contribution in [2.45, 2.75) is 19.5 Å². The van der Waals surface area contributed by atoms with E-state index in [2.05, 4.69) is 23.6 Å². The van der Waals surface area contributed by atoms with Gasteiger partial charge in [0.05, 0.1) is 4.92 Å². The van der Waals surface area contributed by atoms with Crippen molar-refractivity contribution >= 4 is 28.1 Å². The number of nitro groups is 1. The molecule has 0 aliphatic rings. The second kappa shape index (κ2) is 8.70. The summed E-state index contributed by atoms with van der Waals surface area (Å²) in [6, 6.07) is 19.9. The molecule has 0 heterocycles. The second-order valence-corrected chi connectivity index (χ2v) is 7.04. The molecular formula is C22H24N4O3. The summed E-state index contributed by atoms with van der Waals surface area (Å²) >= 11 is 0. The zero-order chi connectivity index (χ0) is 21.0. The lowest BCUT2D eigenvalue weighted by Gasteiger charge is -2.29. The van der Waals surface area contributed by atoms with Crippen LogP contribution >= 0.6 is 0 Å². The van der Waals surface area contributed by atoms with Crippen LogP contribution in [-0.2, 0) is 11.3 Å². The molecule has 0 aliphatic carbocycles. The minimum Gasteiger partial charge on any atom is -0.340 e. The lowest BCUT2D eigenvalue weighted by atomic mass is 10.0. The van der Waals surface area contributed by atoms with Crippen LogP contribution in [0.25, 0.3) is 10.8 Å². The number of nitro benzene ring substituents is 1. The number of rotatable bonds is 7. The smallest absolute Gasteiger partial charge is 0.269 e. The molecule has 0 radical (unpaired) electrons. The predicted molar refractivity (Wildman–Crippen MR) is 114 cm³/mol. The van der Waals surface area contributed by atoms with Crippen LogP contribution in [0.3, 0.4) is 0 Å². The Bertz CT molecular complexity index is 1010. The Morgan fingerprint density at radius 2 is 1.69 bits per heavy atom. The van der Waals surface area contributed by atoms with Gasteiger partial charge in [0, 0.05) is 38.5 Å². The van der Waals surface area contributed by atoms with Gasteiger partial charge in [0.25, 0.3) is 5.69 Å². The Labute approximate surface area is 169 Å². The average molecular weight is 392 g/mol. The molecule has 0 aliphatic heterocycles. The molecule has 0 aromatic heterocycles. The second-order valence-electron chi connectivity index (χ2n) is 7.04. The summed E-state index contributed by atoms with van der Waals surface area (Å²) in [4.78, 5) is 24.9. The van der Waals surface area contributed by atoms with Crippen LogP contribution in [0.1, 0.15) is 12.5 Å². The van der Waals surface area contributed by atoms with Gasteiger partial charge in [-0.15, -0.1) is 0 Å². The highest BCUT2D eigenvalue weighted by Gasteiger charge is 2.22. The van der Waals surface area contributed by atoms with E-state index in [1.165, 1.54) is 12.1 Å². The first-order valence-electron chi connectivity index (χ1n) is 9.32. The fourth-order valence-electron chi connectivity index (χ4n) is 3.21. The van der Waals surface area contributed by atoms with E-state index in [1.807, 2.05) is 31.2 Å². The summed E-state index contributed by atoms with van der Waals surface area (Å²) in [7, 11) is 3.57. The van der Waals surface area contributed by atoms with Gasteiger partial charge >= 0.3 is 0 Å². The largest absolute Gasteiger partial charge is 0.340 e. The first kappa shape index (κ1) is 20.3. The fourth-order valence-corrected chi connectivity index (χ4v) is 3.21. The van der Waals surface area contributed by atoms with Gasteiger partial charge in [0.2, 0.25) is 5.91 Å². The van der Waals surface area contributed by atoms with E-state index in [0.717, 1.165) is 16.3 Å². The highest BCUT2D eigenvalue weighted by molar-refractivity contribution is 5.86. The third kappa shape index (κ3) is 4.70. The van der Waals surface area contributed by atoms with Crippen molar-refractivity contribution in [1.29, 1.82) is 0 Å². The zero-order valence-electron chi connectivity index (χ0n) is 16.7. The molecule has 3 rings (SSSR count). The first-order valence-corrected chi connectivity index (χ1v) is 9.32. The minimum atomic E-state index is -0.443. The zero-order valence-corrected chi connectivity index (χ0v) is 16.7. The number of likely N-dealkylation sites (N-methyl/N-ethyl adjacent to an activating group) is 2. The summed E-state index contributed by atoms with van der Waals surface area (Å²) in [6.07, 6.45) is 0. The molecular weight excluding hydrogens is 368 g/mol. The fraction of sp³-hybridized carbons (Fsp3) is 0.227. The van der Waals surface area contributed by atoms with Gasteiger partial charge in [-0.3, -0.25) is 14.9 Å². The van der Waals surface area contributed by atoms with Gasteiger partial charge in [0.1, 0.15) is 6.04 Å². The average Bonchev–Trinajstić information content (AvgIpc) is 2.73. The third-order valence-electron chi connectivity index (χ3n) is 4.99. The SMILES string of the molecule is C[C@@H](C(=O)N(C)Cc1cccc2ccccc12)N(C)Nc1ccc([N+](=O)[O-])cc1. The molecule has 0 bridgehead atoms. The van der Waals surface area contributed by atoms with Crippen molar-refractivity contribution in [3.8, 4) is 0 Å². The molecule has 3 aromatic carbocycles. The number of nitrogens with zero attached hydrogens (tertiary/aromatic N) is 3. The van der Waals surface area contributed by atoms with Crippen molar-refractivity contribution in [1.82, 2.24) is 9.91 Å². The summed E-state index contributed by atoms with van der Waals surface area (Å²) in [6.45, 7) is 2.33. The van der Waals surface area contributed by atoms with Gasteiger partial charge in [-0.2, -0.15) is 0 Å². The van der Waals surface area contributed by atoms with E-state index in [1.54, 1.807) is 36.1 Å². The van der Waals surface area contributed by atoms with Crippen LogP contribution in [0, 0.1) is 10.1 Å². The van der Waals surface area contributed by atoms with E-state index in [0.29, 0.717) is 12.2 Å². The van der Waals surface area contributed by atoms with Crippen LogP contribution in [0.2, 0.25) is 0 Å². The standard InChI is InChI=1S/C22H24N4O3/c1-16(25(3)23-19-11-13-20(14-12-19)26(28)29)22(27)24(2)15-18-9-6-8-17-7-4-5-10-21(17)18/h4-14,16,23H,15H2,1-3H3/t16-/m0/s1. The Kier molecular flexibility index (Phi) is 6.09. The number of nitrogens with one attached hydrogen (secondary N) is 1. The normalized spacial score (nSPS) is 12.0. The number of amides is 1. The molecule has 1 N–H and O–H groups in total. The number of carbonyl (C=O) groups excluding carboxylic acids is 1. The highest BCUT2D eigenvalue weighted by Crippen LogP contribution is 2.20. The maximum Gasteiger partial charge on any atom is 0.269 e. The number of benzene rings is 3. The summed E-state index contributed by atoms with van der Waals surface area (Å²) < 4.78 is 0.